The topological polar surface area (TPSA) is 93.1 Å². The number of carbonyl (C=O) groups excluding carboxylic acids is 1. The van der Waals surface area contributed by atoms with E-state index < -0.39 is 39.7 Å². The molecule has 0 bridgehead atoms. The third-order valence-corrected chi connectivity index (χ3v) is 9.55. The highest BCUT2D eigenvalue weighted by Crippen LogP contribution is 2.65. The van der Waals surface area contributed by atoms with Crippen molar-refractivity contribution in [1.82, 2.24) is 19.3 Å². The predicted octanol–water partition coefficient (Wildman–Crippen LogP) is 4.68. The molecule has 0 N–H and O–H groups in total. The summed E-state index contributed by atoms with van der Waals surface area (Å²) in [5.74, 6) is -3.24. The second kappa shape index (κ2) is 9.40. The highest BCUT2D eigenvalue weighted by atomic mass is 32.2. The second-order valence-electron chi connectivity index (χ2n) is 10.3. The average Bonchev–Trinajstić information content (AvgIpc) is 3.21. The molecule has 5 rings (SSSR count). The number of halogens is 5. The van der Waals surface area contributed by atoms with E-state index in [1.807, 2.05) is 13.8 Å². The zero-order valence-corrected chi connectivity index (χ0v) is 21.6. The lowest BCUT2D eigenvalue weighted by Crippen LogP contribution is -2.45. The van der Waals surface area contributed by atoms with E-state index in [9.17, 15) is 35.2 Å². The summed E-state index contributed by atoms with van der Waals surface area (Å²) in [6.45, 7) is 4.08. The maximum Gasteiger partial charge on any atom is 0.451 e. The van der Waals surface area contributed by atoms with Crippen molar-refractivity contribution in [3.8, 4) is 11.3 Å². The SMILES string of the molecule is CC1(C)[C@@H]2[C@@H](C(=O)CCc3cc(-c4cnc(C(F)(F)F)nc4)ncc3F)N(S(=O)(=O)c3ccc(F)cc3)C[C@@H]21. The van der Waals surface area contributed by atoms with Gasteiger partial charge >= 0.3 is 6.18 Å². The summed E-state index contributed by atoms with van der Waals surface area (Å²) >= 11 is 0. The molecular formula is C26H23F5N4O3S. The molecule has 2 aliphatic rings. The summed E-state index contributed by atoms with van der Waals surface area (Å²) in [5.41, 5.74) is 0.0981. The summed E-state index contributed by atoms with van der Waals surface area (Å²) in [6, 6.07) is 4.74. The van der Waals surface area contributed by atoms with Crippen LogP contribution in [0.1, 0.15) is 31.7 Å². The molecule has 39 heavy (non-hydrogen) atoms. The van der Waals surface area contributed by atoms with Crippen molar-refractivity contribution in [1.29, 1.82) is 0 Å². The van der Waals surface area contributed by atoms with Crippen molar-refractivity contribution in [3.05, 3.63) is 71.9 Å². The molecule has 2 aromatic heterocycles. The van der Waals surface area contributed by atoms with E-state index in [-0.39, 0.29) is 64.1 Å². The number of benzene rings is 1. The van der Waals surface area contributed by atoms with Gasteiger partial charge < -0.3 is 0 Å². The smallest absolute Gasteiger partial charge is 0.298 e. The van der Waals surface area contributed by atoms with Crippen LogP contribution in [0.25, 0.3) is 11.3 Å². The first-order valence-electron chi connectivity index (χ1n) is 12.1. The summed E-state index contributed by atoms with van der Waals surface area (Å²) < 4.78 is 94.1. The monoisotopic (exact) mass is 566 g/mol. The maximum absolute atomic E-state index is 14.6. The van der Waals surface area contributed by atoms with Gasteiger partial charge in [-0.3, -0.25) is 9.78 Å². The van der Waals surface area contributed by atoms with Crippen LogP contribution < -0.4 is 0 Å². The van der Waals surface area contributed by atoms with Crippen molar-refractivity contribution in [2.75, 3.05) is 6.54 Å². The van der Waals surface area contributed by atoms with Gasteiger partial charge in [0.05, 0.1) is 22.8 Å². The molecule has 1 aliphatic heterocycles. The van der Waals surface area contributed by atoms with Gasteiger partial charge in [-0.2, -0.15) is 17.5 Å². The van der Waals surface area contributed by atoms with E-state index in [1.165, 1.54) is 6.07 Å². The van der Waals surface area contributed by atoms with Gasteiger partial charge in [0.1, 0.15) is 11.6 Å². The normalized spacial score (nSPS) is 22.5. The van der Waals surface area contributed by atoms with Gasteiger partial charge in [-0.1, -0.05) is 13.8 Å². The van der Waals surface area contributed by atoms with Crippen LogP contribution in [0.5, 0.6) is 0 Å². The number of pyridine rings is 1. The van der Waals surface area contributed by atoms with Crippen molar-refractivity contribution in [2.45, 2.75) is 43.8 Å². The average molecular weight is 567 g/mol. The van der Waals surface area contributed by atoms with Gasteiger partial charge in [0.15, 0.2) is 5.78 Å². The molecule has 1 aromatic carbocycles. The number of rotatable bonds is 7. The largest absolute Gasteiger partial charge is 0.451 e. The first-order chi connectivity index (χ1) is 18.2. The number of ketones is 1. The fraction of sp³-hybridized carbons (Fsp3) is 0.385. The van der Waals surface area contributed by atoms with Crippen molar-refractivity contribution in [2.24, 2.45) is 17.3 Å². The summed E-state index contributed by atoms with van der Waals surface area (Å²) in [6.07, 6.45) is -2.22. The van der Waals surface area contributed by atoms with Crippen LogP contribution in [-0.4, -0.2) is 46.0 Å². The minimum Gasteiger partial charge on any atom is -0.298 e. The Bertz CT molecular complexity index is 1530. The Morgan fingerprint density at radius 1 is 1.05 bits per heavy atom. The number of aromatic nitrogens is 3. The molecule has 1 aliphatic carbocycles. The van der Waals surface area contributed by atoms with Gasteiger partial charge in [0.2, 0.25) is 15.8 Å². The van der Waals surface area contributed by atoms with Crippen LogP contribution in [-0.2, 0) is 27.4 Å². The first-order valence-corrected chi connectivity index (χ1v) is 13.5. The Kier molecular flexibility index (Phi) is 6.57. The van der Waals surface area contributed by atoms with E-state index in [2.05, 4.69) is 15.0 Å². The maximum atomic E-state index is 14.6. The quantitative estimate of drug-likeness (QED) is 0.386. The standard InChI is InChI=1S/C26H23F5N4O3S/c1-25(2)18-13-35(39(37,38)17-6-4-16(27)5-7-17)23(22(18)25)21(36)8-3-14-9-20(32-12-19(14)28)15-10-33-24(34-11-15)26(29,30)31/h4-7,9-12,18,22-23H,3,8,13H2,1-2H3/t18-,22-,23+/m0/s1. The zero-order valence-electron chi connectivity index (χ0n) is 20.8. The highest BCUT2D eigenvalue weighted by molar-refractivity contribution is 7.89. The number of carbonyl (C=O) groups is 1. The fourth-order valence-electron chi connectivity index (χ4n) is 5.44. The Morgan fingerprint density at radius 3 is 2.31 bits per heavy atom. The third kappa shape index (κ3) is 4.93. The number of piperidine rings is 1. The Hall–Kier alpha value is -3.32. The molecule has 0 amide bonds. The van der Waals surface area contributed by atoms with Crippen LogP contribution in [0.4, 0.5) is 22.0 Å². The number of Topliss-reactive ketones (excluding diaryl/α,β-unsaturated/α-hetero) is 1. The molecule has 2 fully saturated rings. The summed E-state index contributed by atoms with van der Waals surface area (Å²) in [5, 5.41) is 0. The number of fused-ring (bicyclic) bond motifs is 1. The van der Waals surface area contributed by atoms with E-state index >= 15 is 0 Å². The van der Waals surface area contributed by atoms with Crippen LogP contribution in [0.2, 0.25) is 0 Å². The van der Waals surface area contributed by atoms with Gasteiger partial charge in [0, 0.05) is 30.9 Å². The molecule has 7 nitrogen and oxygen atoms in total. The number of aryl methyl sites for hydroxylation is 1. The van der Waals surface area contributed by atoms with E-state index in [0.717, 1.165) is 47.2 Å². The predicted molar refractivity (Wildman–Crippen MR) is 128 cm³/mol. The summed E-state index contributed by atoms with van der Waals surface area (Å²) in [4.78, 5) is 23.8. The Balaban J connectivity index is 1.36. The zero-order chi connectivity index (χ0) is 28.3. The Labute approximate surface area is 221 Å². The molecule has 0 radical (unpaired) electrons. The number of sulfonamides is 1. The van der Waals surface area contributed by atoms with Crippen LogP contribution in [0.3, 0.4) is 0 Å². The fourth-order valence-corrected chi connectivity index (χ4v) is 7.10. The lowest BCUT2D eigenvalue weighted by Gasteiger charge is -2.29. The molecule has 3 heterocycles. The molecule has 206 valence electrons. The van der Waals surface area contributed by atoms with Gasteiger partial charge in [-0.05, 0) is 59.6 Å². The van der Waals surface area contributed by atoms with E-state index in [0.29, 0.717) is 0 Å². The van der Waals surface area contributed by atoms with Crippen LogP contribution >= 0.6 is 0 Å². The minimum atomic E-state index is -4.71. The van der Waals surface area contributed by atoms with Crippen LogP contribution in [0.15, 0.2) is 53.8 Å². The van der Waals surface area contributed by atoms with Gasteiger partial charge in [-0.15, -0.1) is 0 Å². The van der Waals surface area contributed by atoms with Gasteiger partial charge in [-0.25, -0.2) is 27.2 Å². The molecular weight excluding hydrogens is 543 g/mol. The van der Waals surface area contributed by atoms with Crippen LogP contribution in [0, 0.1) is 28.9 Å². The van der Waals surface area contributed by atoms with Crippen molar-refractivity contribution < 1.29 is 35.2 Å². The number of hydrogen-bond acceptors (Lipinski definition) is 6. The molecule has 13 heteroatoms. The van der Waals surface area contributed by atoms with Crippen molar-refractivity contribution in [3.63, 3.8) is 0 Å². The van der Waals surface area contributed by atoms with Crippen molar-refractivity contribution >= 4 is 15.8 Å². The number of nitrogens with zero attached hydrogens (tertiary/aromatic N) is 4. The Morgan fingerprint density at radius 2 is 1.69 bits per heavy atom. The molecule has 3 aromatic rings. The van der Waals surface area contributed by atoms with E-state index in [1.54, 1.807) is 0 Å². The number of hydrogen-bond donors (Lipinski definition) is 0. The van der Waals surface area contributed by atoms with Gasteiger partial charge in [0.25, 0.3) is 0 Å². The first kappa shape index (κ1) is 27.3. The molecule has 0 spiro atoms. The minimum absolute atomic E-state index is 0.0226. The number of alkyl halides is 3. The molecule has 0 unspecified atom stereocenters. The lowest BCUT2D eigenvalue weighted by molar-refractivity contribution is -0.145. The highest BCUT2D eigenvalue weighted by Gasteiger charge is 2.70. The second-order valence-corrected chi connectivity index (χ2v) is 12.2. The lowest BCUT2D eigenvalue weighted by atomic mass is 9.96. The molecule has 1 saturated carbocycles. The third-order valence-electron chi connectivity index (χ3n) is 7.69. The molecule has 1 saturated heterocycles. The van der Waals surface area contributed by atoms with E-state index in [4.69, 9.17) is 0 Å². The summed E-state index contributed by atoms with van der Waals surface area (Å²) in [7, 11) is -4.08. The molecule has 3 atom stereocenters.